The zero-order valence-electron chi connectivity index (χ0n) is 34.0. The van der Waals surface area contributed by atoms with Crippen LogP contribution in [0.15, 0.2) is 131 Å². The summed E-state index contributed by atoms with van der Waals surface area (Å²) in [5.41, 5.74) is 31.3. The van der Waals surface area contributed by atoms with E-state index < -0.39 is 4.92 Å². The lowest BCUT2D eigenvalue weighted by Gasteiger charge is -2.20. The predicted octanol–water partition coefficient (Wildman–Crippen LogP) is 8.47. The number of para-hydroxylation sites is 3. The van der Waals surface area contributed by atoms with Gasteiger partial charge in [0.05, 0.1) is 10.7 Å². The van der Waals surface area contributed by atoms with Crippen LogP contribution in [-0.4, -0.2) is 24.6 Å². The number of nitro groups is 1. The maximum Gasteiger partial charge on any atom is 0.273 e. The van der Waals surface area contributed by atoms with Crippen LogP contribution >= 0.6 is 0 Å². The number of rotatable bonds is 5. The molecule has 3 aromatic rings. The lowest BCUT2D eigenvalue weighted by Crippen LogP contribution is -2.20. The molecule has 0 spiro atoms. The summed E-state index contributed by atoms with van der Waals surface area (Å²) in [6.07, 6.45) is 4.00. The summed E-state index contributed by atoms with van der Waals surface area (Å²) in [7, 11) is 0. The van der Waals surface area contributed by atoms with E-state index >= 15 is 0 Å². The van der Waals surface area contributed by atoms with E-state index in [4.69, 9.17) is 17.2 Å². The van der Waals surface area contributed by atoms with E-state index in [9.17, 15) is 10.1 Å². The number of nitrogens with one attached hydrogen (secondary N) is 5. The van der Waals surface area contributed by atoms with Gasteiger partial charge in [0.15, 0.2) is 5.82 Å². The molecule has 11 nitrogen and oxygen atoms in total. The summed E-state index contributed by atoms with van der Waals surface area (Å²) in [6, 6.07) is 25.4. The third kappa shape index (κ3) is 17.7. The van der Waals surface area contributed by atoms with Crippen molar-refractivity contribution in [3.63, 3.8) is 0 Å². The quantitative estimate of drug-likeness (QED) is 0.0934. The Morgan fingerprint density at radius 3 is 1.20 bits per heavy atom. The van der Waals surface area contributed by atoms with E-state index in [-0.39, 0.29) is 5.82 Å². The molecule has 3 aliphatic heterocycles. The predicted molar refractivity (Wildman–Crippen MR) is 231 cm³/mol. The van der Waals surface area contributed by atoms with Crippen LogP contribution in [0.3, 0.4) is 0 Å². The topological polar surface area (TPSA) is 181 Å². The van der Waals surface area contributed by atoms with Crippen LogP contribution in [0, 0.1) is 10.1 Å². The molecular weight excluding hydrogens is 675 g/mol. The number of hydrogen-bond acceptors (Lipinski definition) is 10. The molecule has 0 saturated heterocycles. The number of nitrogens with two attached hydrogens (primary N) is 3. The SMILES string of the molecule is C=C(N)NCC.CC1=C(C)Nc2ccccc2C1.CC1=C(C)Nc2ccccc2C1.CC1=C(C)Nc2ccccc2C1.CCN.CCN/C(N)=C/[N+](=O)[O-]. The molecule has 3 aromatic carbocycles. The maximum atomic E-state index is 9.69. The summed E-state index contributed by atoms with van der Waals surface area (Å²) in [6.45, 7) is 24.2. The Hall–Kier alpha value is -5.68. The zero-order chi connectivity index (χ0) is 40.6. The average molecular weight is 740 g/mol. The second-order valence-corrected chi connectivity index (χ2v) is 13.0. The van der Waals surface area contributed by atoms with Gasteiger partial charge in [-0.2, -0.15) is 0 Å². The Morgan fingerprint density at radius 1 is 0.667 bits per heavy atom. The number of allylic oxidation sites excluding steroid dienone is 6. The van der Waals surface area contributed by atoms with Gasteiger partial charge in [-0.05, 0) is 133 Å². The smallest absolute Gasteiger partial charge is 0.273 e. The Bertz CT molecular complexity index is 1510. The molecule has 0 amide bonds. The average Bonchev–Trinajstić information content (AvgIpc) is 3.11. The first kappa shape index (κ1) is 46.3. The number of hydrogen-bond donors (Lipinski definition) is 8. The van der Waals surface area contributed by atoms with Crippen molar-refractivity contribution in [2.75, 3.05) is 35.6 Å². The highest BCUT2D eigenvalue weighted by molar-refractivity contribution is 5.61. The van der Waals surface area contributed by atoms with Gasteiger partial charge in [0.25, 0.3) is 6.20 Å². The largest absolute Gasteiger partial charge is 0.386 e. The van der Waals surface area contributed by atoms with Gasteiger partial charge in [-0.25, -0.2) is 0 Å². The van der Waals surface area contributed by atoms with Crippen LogP contribution in [0.5, 0.6) is 0 Å². The van der Waals surface area contributed by atoms with E-state index in [1.54, 1.807) is 6.92 Å². The van der Waals surface area contributed by atoms with Crippen molar-refractivity contribution in [1.82, 2.24) is 10.6 Å². The number of anilines is 3. The highest BCUT2D eigenvalue weighted by atomic mass is 16.6. The van der Waals surface area contributed by atoms with E-state index in [0.29, 0.717) is 12.4 Å². The molecule has 0 saturated carbocycles. The van der Waals surface area contributed by atoms with Crippen molar-refractivity contribution in [2.45, 2.75) is 81.6 Å². The third-order valence-electron chi connectivity index (χ3n) is 8.34. The Labute approximate surface area is 324 Å². The van der Waals surface area contributed by atoms with Crippen molar-refractivity contribution < 1.29 is 4.92 Å². The standard InChI is InChI=1S/3C11H13N.C4H9N3O2.C4H10N2.C2H7N/c3*1-8-7-10-5-3-4-6-11(10)12-9(8)2;1-2-6-4(5)3-7(8)9;1-3-6-4(2)5;1-2-3/h3*3-6,12H,7H2,1-2H3;3,6H,2,5H2,1H3;6H,2-3,5H2,1H3;2-3H2,1H3/b;;;4-3+;;. The van der Waals surface area contributed by atoms with Crippen molar-refractivity contribution in [1.29, 1.82) is 0 Å². The lowest BCUT2D eigenvalue weighted by molar-refractivity contribution is -0.403. The van der Waals surface area contributed by atoms with Crippen LogP contribution in [0.25, 0.3) is 0 Å². The summed E-state index contributed by atoms with van der Waals surface area (Å²) in [4.78, 5) is 9.09. The van der Waals surface area contributed by atoms with Crippen molar-refractivity contribution in [3.8, 4) is 0 Å². The Morgan fingerprint density at radius 2 is 0.963 bits per heavy atom. The lowest BCUT2D eigenvalue weighted by atomic mass is 9.99. The molecule has 6 rings (SSSR count). The fourth-order valence-corrected chi connectivity index (χ4v) is 5.16. The highest BCUT2D eigenvalue weighted by Crippen LogP contribution is 2.28. The van der Waals surface area contributed by atoms with Crippen LogP contribution < -0.4 is 43.8 Å². The van der Waals surface area contributed by atoms with E-state index in [0.717, 1.165) is 38.6 Å². The van der Waals surface area contributed by atoms with Gasteiger partial charge < -0.3 is 43.8 Å². The second-order valence-electron chi connectivity index (χ2n) is 13.0. The summed E-state index contributed by atoms with van der Waals surface area (Å²) in [5, 5.41) is 25.2. The molecule has 0 unspecified atom stereocenters. The molecule has 3 heterocycles. The molecule has 0 fully saturated rings. The van der Waals surface area contributed by atoms with E-state index in [1.165, 1.54) is 67.6 Å². The first-order valence-electron chi connectivity index (χ1n) is 18.4. The molecule has 3 aliphatic rings. The first-order chi connectivity index (χ1) is 25.7. The molecule has 54 heavy (non-hydrogen) atoms. The van der Waals surface area contributed by atoms with Gasteiger partial charge in [-0.15, -0.1) is 0 Å². The molecule has 0 aromatic heterocycles. The molecule has 0 radical (unpaired) electrons. The molecule has 0 aliphatic carbocycles. The van der Waals surface area contributed by atoms with Crippen molar-refractivity contribution >= 4 is 17.1 Å². The molecule has 294 valence electrons. The Kier molecular flexibility index (Phi) is 21.7. The normalized spacial score (nSPS) is 13.3. The summed E-state index contributed by atoms with van der Waals surface area (Å²) in [5.74, 6) is 0.625. The Balaban J connectivity index is 0.000000337. The minimum atomic E-state index is -0.599. The summed E-state index contributed by atoms with van der Waals surface area (Å²) < 4.78 is 0. The minimum Gasteiger partial charge on any atom is -0.386 e. The monoisotopic (exact) mass is 740 g/mol. The third-order valence-corrected chi connectivity index (χ3v) is 8.34. The number of benzene rings is 3. The van der Waals surface area contributed by atoms with Crippen LogP contribution in [0.4, 0.5) is 17.1 Å². The maximum absolute atomic E-state index is 9.69. The fraction of sp³-hybridized carbons (Fsp3) is 0.349. The van der Waals surface area contributed by atoms with Crippen LogP contribution in [0.1, 0.15) is 79.0 Å². The van der Waals surface area contributed by atoms with E-state index in [2.05, 4.69) is 148 Å². The summed E-state index contributed by atoms with van der Waals surface area (Å²) >= 11 is 0. The molecule has 0 atom stereocenters. The van der Waals surface area contributed by atoms with Gasteiger partial charge in [0.2, 0.25) is 0 Å². The number of nitrogens with zero attached hydrogens (tertiary/aromatic N) is 1. The van der Waals surface area contributed by atoms with Crippen LogP contribution in [-0.2, 0) is 19.3 Å². The van der Waals surface area contributed by atoms with Gasteiger partial charge in [-0.3, -0.25) is 10.1 Å². The van der Waals surface area contributed by atoms with E-state index in [1.807, 2.05) is 13.8 Å². The molecule has 0 bridgehead atoms. The van der Waals surface area contributed by atoms with Gasteiger partial charge in [0, 0.05) is 47.2 Å². The number of fused-ring (bicyclic) bond motifs is 3. The highest BCUT2D eigenvalue weighted by Gasteiger charge is 2.12. The van der Waals surface area contributed by atoms with Crippen molar-refractivity contribution in [2.24, 2.45) is 17.2 Å². The molecule has 11 N–H and O–H groups in total. The molecular formula is C43H65N9O2. The fourth-order valence-electron chi connectivity index (χ4n) is 5.16. The first-order valence-corrected chi connectivity index (χ1v) is 18.4. The van der Waals surface area contributed by atoms with Crippen LogP contribution in [0.2, 0.25) is 0 Å². The van der Waals surface area contributed by atoms with Gasteiger partial charge >= 0.3 is 0 Å². The van der Waals surface area contributed by atoms with Gasteiger partial charge in [0.1, 0.15) is 0 Å². The minimum absolute atomic E-state index is 0.0856. The van der Waals surface area contributed by atoms with Crippen molar-refractivity contribution in [3.05, 3.63) is 158 Å². The van der Waals surface area contributed by atoms with Gasteiger partial charge in [-0.1, -0.05) is 68.1 Å². The second kappa shape index (κ2) is 25.3. The zero-order valence-corrected chi connectivity index (χ0v) is 34.0. The molecule has 11 heteroatoms.